The van der Waals surface area contributed by atoms with Crippen molar-refractivity contribution in [3.63, 3.8) is 0 Å². The number of hydrogen-bond donors (Lipinski definition) is 2. The molecule has 0 rings (SSSR count). The summed E-state index contributed by atoms with van der Waals surface area (Å²) in [6.07, 6.45) is 17.2. The summed E-state index contributed by atoms with van der Waals surface area (Å²) in [5.74, 6) is -3.70. The fourth-order valence-electron chi connectivity index (χ4n) is 2.42. The van der Waals surface area contributed by atoms with Crippen molar-refractivity contribution >= 4 is 11.9 Å². The van der Waals surface area contributed by atoms with E-state index in [2.05, 4.69) is 19.1 Å². The van der Waals surface area contributed by atoms with E-state index in [4.69, 9.17) is 10.2 Å². The van der Waals surface area contributed by atoms with Crippen molar-refractivity contribution in [3.05, 3.63) is 12.2 Å². The average molecular weight is 312 g/mol. The molecule has 0 aliphatic rings. The number of carbonyl (C=O) groups is 2. The van der Waals surface area contributed by atoms with E-state index >= 15 is 0 Å². The fraction of sp³-hybridized carbons (Fsp3) is 0.778. The van der Waals surface area contributed by atoms with Crippen LogP contribution < -0.4 is 0 Å². The summed E-state index contributed by atoms with van der Waals surface area (Å²) in [4.78, 5) is 21.4. The van der Waals surface area contributed by atoms with Crippen LogP contribution in [0.2, 0.25) is 0 Å². The molecule has 0 saturated heterocycles. The lowest BCUT2D eigenvalue weighted by Gasteiger charge is -2.06. The summed E-state index contributed by atoms with van der Waals surface area (Å²) in [6.45, 7) is 2.23. The van der Waals surface area contributed by atoms with Gasteiger partial charge in [0.15, 0.2) is 5.92 Å². The molecule has 0 radical (unpaired) electrons. The van der Waals surface area contributed by atoms with Crippen LogP contribution in [0.4, 0.5) is 0 Å². The molecule has 22 heavy (non-hydrogen) atoms. The summed E-state index contributed by atoms with van der Waals surface area (Å²) in [5.41, 5.74) is 0. The number of allylic oxidation sites excluding steroid dienone is 2. The zero-order chi connectivity index (χ0) is 16.6. The molecule has 0 aromatic heterocycles. The summed E-state index contributed by atoms with van der Waals surface area (Å²) in [6, 6.07) is 0. The fourth-order valence-corrected chi connectivity index (χ4v) is 2.42. The lowest BCUT2D eigenvalue weighted by molar-refractivity contribution is -0.154. The van der Waals surface area contributed by atoms with Crippen molar-refractivity contribution < 1.29 is 19.8 Å². The first-order valence-electron chi connectivity index (χ1n) is 8.70. The van der Waals surface area contributed by atoms with Crippen LogP contribution in [-0.2, 0) is 9.59 Å². The highest BCUT2D eigenvalue weighted by atomic mass is 16.4. The maximum Gasteiger partial charge on any atom is 0.317 e. The standard InChI is InChI=1S/C18H32O4/c1-2-3-4-5-6-7-8-9-10-11-12-13-14-15-16(17(19)20)18(21)22/h8-9,16H,2-7,10-15H2,1H3,(H,19,20)(H,21,22). The van der Waals surface area contributed by atoms with Gasteiger partial charge in [-0.1, -0.05) is 64.0 Å². The van der Waals surface area contributed by atoms with E-state index in [0.717, 1.165) is 25.7 Å². The van der Waals surface area contributed by atoms with Gasteiger partial charge in [0.1, 0.15) is 0 Å². The zero-order valence-electron chi connectivity index (χ0n) is 13.9. The van der Waals surface area contributed by atoms with Crippen LogP contribution in [0.15, 0.2) is 12.2 Å². The predicted octanol–water partition coefficient (Wildman–Crippen LogP) is 5.03. The zero-order valence-corrected chi connectivity index (χ0v) is 13.9. The van der Waals surface area contributed by atoms with Crippen molar-refractivity contribution in [1.29, 1.82) is 0 Å². The molecule has 0 heterocycles. The highest BCUT2D eigenvalue weighted by Crippen LogP contribution is 2.13. The van der Waals surface area contributed by atoms with Gasteiger partial charge in [-0.25, -0.2) is 0 Å². The Hall–Kier alpha value is -1.32. The Kier molecular flexibility index (Phi) is 13.7. The van der Waals surface area contributed by atoms with E-state index in [-0.39, 0.29) is 6.42 Å². The first-order valence-corrected chi connectivity index (χ1v) is 8.70. The molecule has 0 aliphatic heterocycles. The second-order valence-corrected chi connectivity index (χ2v) is 5.89. The lowest BCUT2D eigenvalue weighted by atomic mass is 10.0. The summed E-state index contributed by atoms with van der Waals surface area (Å²) >= 11 is 0. The van der Waals surface area contributed by atoms with Gasteiger partial charge in [0.25, 0.3) is 0 Å². The maximum atomic E-state index is 10.7. The molecule has 0 atom stereocenters. The molecule has 0 aliphatic carbocycles. The third kappa shape index (κ3) is 12.4. The molecular weight excluding hydrogens is 280 g/mol. The minimum absolute atomic E-state index is 0.234. The van der Waals surface area contributed by atoms with Crippen LogP contribution in [0.3, 0.4) is 0 Å². The molecule has 0 aromatic carbocycles. The average Bonchev–Trinajstić information content (AvgIpc) is 2.46. The first kappa shape index (κ1) is 20.7. The van der Waals surface area contributed by atoms with Crippen molar-refractivity contribution in [3.8, 4) is 0 Å². The molecule has 0 aromatic rings. The van der Waals surface area contributed by atoms with Crippen molar-refractivity contribution in [2.75, 3.05) is 0 Å². The van der Waals surface area contributed by atoms with Crippen molar-refractivity contribution in [1.82, 2.24) is 0 Å². The molecular formula is C18H32O4. The Bertz CT molecular complexity index is 309. The van der Waals surface area contributed by atoms with E-state index < -0.39 is 17.9 Å². The van der Waals surface area contributed by atoms with Crippen LogP contribution in [0.25, 0.3) is 0 Å². The van der Waals surface area contributed by atoms with Gasteiger partial charge >= 0.3 is 11.9 Å². The monoisotopic (exact) mass is 312 g/mol. The van der Waals surface area contributed by atoms with Gasteiger partial charge < -0.3 is 10.2 Å². The summed E-state index contributed by atoms with van der Waals surface area (Å²) < 4.78 is 0. The summed E-state index contributed by atoms with van der Waals surface area (Å²) in [7, 11) is 0. The van der Waals surface area contributed by atoms with Crippen LogP contribution >= 0.6 is 0 Å². The van der Waals surface area contributed by atoms with Gasteiger partial charge in [-0.3, -0.25) is 9.59 Å². The van der Waals surface area contributed by atoms with Crippen molar-refractivity contribution in [2.24, 2.45) is 5.92 Å². The smallest absolute Gasteiger partial charge is 0.317 e. The Morgan fingerprint density at radius 3 is 1.68 bits per heavy atom. The predicted molar refractivity (Wildman–Crippen MR) is 89.0 cm³/mol. The van der Waals surface area contributed by atoms with E-state index in [9.17, 15) is 9.59 Å². The SMILES string of the molecule is CCCCCCCC=CCCCCCCC(C(=O)O)C(=O)O. The van der Waals surface area contributed by atoms with Gasteiger partial charge in [-0.2, -0.15) is 0 Å². The normalized spacial score (nSPS) is 11.4. The first-order chi connectivity index (χ1) is 10.6. The number of aliphatic carboxylic acids is 2. The molecule has 0 unspecified atom stereocenters. The number of unbranched alkanes of at least 4 members (excludes halogenated alkanes) is 9. The highest BCUT2D eigenvalue weighted by Gasteiger charge is 2.24. The van der Waals surface area contributed by atoms with E-state index in [1.807, 2.05) is 0 Å². The molecule has 0 fully saturated rings. The highest BCUT2D eigenvalue weighted by molar-refractivity contribution is 5.92. The van der Waals surface area contributed by atoms with Gasteiger partial charge in [0.05, 0.1) is 0 Å². The minimum atomic E-state index is -1.24. The molecule has 4 nitrogen and oxygen atoms in total. The number of carboxylic acid groups (broad SMARTS) is 2. The summed E-state index contributed by atoms with van der Waals surface area (Å²) in [5, 5.41) is 17.5. The Morgan fingerprint density at radius 2 is 1.23 bits per heavy atom. The number of carboxylic acids is 2. The topological polar surface area (TPSA) is 74.6 Å². The van der Waals surface area contributed by atoms with Gasteiger partial charge in [-0.05, 0) is 32.1 Å². The van der Waals surface area contributed by atoms with Crippen LogP contribution in [0, 0.1) is 5.92 Å². The van der Waals surface area contributed by atoms with Gasteiger partial charge in [0.2, 0.25) is 0 Å². The molecule has 0 amide bonds. The molecule has 2 N–H and O–H groups in total. The Morgan fingerprint density at radius 1 is 0.773 bits per heavy atom. The quantitative estimate of drug-likeness (QED) is 0.253. The van der Waals surface area contributed by atoms with E-state index in [1.165, 1.54) is 38.5 Å². The molecule has 0 bridgehead atoms. The van der Waals surface area contributed by atoms with E-state index in [0.29, 0.717) is 6.42 Å². The van der Waals surface area contributed by atoms with Crippen LogP contribution in [-0.4, -0.2) is 22.2 Å². The number of hydrogen-bond acceptors (Lipinski definition) is 2. The molecule has 0 spiro atoms. The lowest BCUT2D eigenvalue weighted by Crippen LogP contribution is -2.23. The van der Waals surface area contributed by atoms with E-state index in [1.54, 1.807) is 0 Å². The minimum Gasteiger partial charge on any atom is -0.481 e. The molecule has 4 heteroatoms. The third-order valence-electron chi connectivity index (χ3n) is 3.85. The Labute approximate surface area is 134 Å². The largest absolute Gasteiger partial charge is 0.481 e. The molecule has 128 valence electrons. The third-order valence-corrected chi connectivity index (χ3v) is 3.85. The van der Waals surface area contributed by atoms with Crippen LogP contribution in [0.1, 0.15) is 84.0 Å². The van der Waals surface area contributed by atoms with Crippen molar-refractivity contribution in [2.45, 2.75) is 84.0 Å². The molecule has 0 saturated carbocycles. The Balaban J connectivity index is 3.39. The maximum absolute atomic E-state index is 10.7. The van der Waals surface area contributed by atoms with Crippen LogP contribution in [0.5, 0.6) is 0 Å². The van der Waals surface area contributed by atoms with Gasteiger partial charge in [0, 0.05) is 0 Å². The van der Waals surface area contributed by atoms with Gasteiger partial charge in [-0.15, -0.1) is 0 Å². The number of rotatable bonds is 15. The second kappa shape index (κ2) is 14.6. The second-order valence-electron chi connectivity index (χ2n) is 5.89.